The number of pyridine rings is 2. The fraction of sp³-hybridized carbons (Fsp3) is 0.154. The molecule has 0 saturated carbocycles. The Hall–Kier alpha value is -4.46. The van der Waals surface area contributed by atoms with E-state index in [0.29, 0.717) is 33.6 Å². The van der Waals surface area contributed by atoms with Crippen LogP contribution in [0.4, 0.5) is 0 Å². The topological polar surface area (TPSA) is 96.7 Å². The fourth-order valence-corrected chi connectivity index (χ4v) is 3.89. The Morgan fingerprint density at radius 3 is 2.32 bits per heavy atom. The lowest BCUT2D eigenvalue weighted by Gasteiger charge is -2.19. The number of rotatable bonds is 6. The van der Waals surface area contributed by atoms with Gasteiger partial charge in [-0.25, -0.2) is 14.6 Å². The Morgan fingerprint density at radius 1 is 0.912 bits per heavy atom. The number of hydrogen-bond acceptors (Lipinski definition) is 7. The highest BCUT2D eigenvalue weighted by atomic mass is 16.5. The largest absolute Gasteiger partial charge is 0.496 e. The van der Waals surface area contributed by atoms with Gasteiger partial charge < -0.3 is 14.2 Å². The standard InChI is InChI=1S/C26H22N2O6/c1-32-21-15-17(25(30)33-2)12-11-16(21)14-20-22(26(31)34-3)28(18-8-5-4-6-9-18)24-19(23(20)29)10-7-13-27-24/h4-13,15H,14H2,1-3H3. The van der Waals surface area contributed by atoms with Crippen LogP contribution in [0.1, 0.15) is 32.0 Å². The number of methoxy groups -OCH3 is 3. The van der Waals surface area contributed by atoms with E-state index in [9.17, 15) is 14.4 Å². The lowest BCUT2D eigenvalue weighted by Crippen LogP contribution is -2.25. The van der Waals surface area contributed by atoms with Crippen molar-refractivity contribution in [2.45, 2.75) is 6.42 Å². The molecule has 4 aromatic rings. The molecule has 4 rings (SSSR count). The zero-order valence-electron chi connectivity index (χ0n) is 18.9. The number of benzene rings is 2. The minimum atomic E-state index is -0.673. The number of aromatic nitrogens is 2. The SMILES string of the molecule is COC(=O)c1ccc(Cc2c(C(=O)OC)n(-c3ccccc3)c3ncccc3c2=O)c(OC)c1. The third kappa shape index (κ3) is 4.01. The van der Waals surface area contributed by atoms with E-state index in [1.54, 1.807) is 35.0 Å². The molecular weight excluding hydrogens is 436 g/mol. The number of fused-ring (bicyclic) bond motifs is 1. The van der Waals surface area contributed by atoms with Crippen molar-refractivity contribution in [1.82, 2.24) is 9.55 Å². The Bertz CT molecular complexity index is 1440. The van der Waals surface area contributed by atoms with Gasteiger partial charge in [-0.3, -0.25) is 9.36 Å². The Labute approximate surface area is 195 Å². The van der Waals surface area contributed by atoms with Crippen molar-refractivity contribution in [3.63, 3.8) is 0 Å². The smallest absolute Gasteiger partial charge is 0.355 e. The molecule has 0 radical (unpaired) electrons. The van der Waals surface area contributed by atoms with Crippen LogP contribution < -0.4 is 10.2 Å². The summed E-state index contributed by atoms with van der Waals surface area (Å²) in [5, 5.41) is 0.360. The summed E-state index contributed by atoms with van der Waals surface area (Å²) in [6.07, 6.45) is 1.63. The maximum absolute atomic E-state index is 13.6. The van der Waals surface area contributed by atoms with Crippen LogP contribution in [0, 0.1) is 0 Å². The van der Waals surface area contributed by atoms with E-state index < -0.39 is 11.9 Å². The molecule has 8 heteroatoms. The van der Waals surface area contributed by atoms with Gasteiger partial charge in [0.2, 0.25) is 0 Å². The summed E-state index contributed by atoms with van der Waals surface area (Å²) < 4.78 is 17.0. The third-order valence-corrected chi connectivity index (χ3v) is 5.50. The van der Waals surface area contributed by atoms with E-state index in [1.807, 2.05) is 30.3 Å². The molecule has 172 valence electrons. The van der Waals surface area contributed by atoms with Crippen molar-refractivity contribution < 1.29 is 23.8 Å². The zero-order chi connectivity index (χ0) is 24.2. The quantitative estimate of drug-likeness (QED) is 0.408. The molecule has 0 fully saturated rings. The molecule has 0 N–H and O–H groups in total. The molecule has 2 heterocycles. The van der Waals surface area contributed by atoms with Crippen LogP contribution in [0.5, 0.6) is 5.75 Å². The van der Waals surface area contributed by atoms with Crippen LogP contribution in [0.25, 0.3) is 16.7 Å². The first-order chi connectivity index (χ1) is 16.5. The number of ether oxygens (including phenoxy) is 3. The second-order valence-electron chi connectivity index (χ2n) is 7.39. The highest BCUT2D eigenvalue weighted by Crippen LogP contribution is 2.27. The Kier molecular flexibility index (Phi) is 6.40. The molecule has 0 atom stereocenters. The first-order valence-electron chi connectivity index (χ1n) is 10.4. The molecular formula is C26H22N2O6. The fourth-order valence-electron chi connectivity index (χ4n) is 3.89. The van der Waals surface area contributed by atoms with E-state index in [1.165, 1.54) is 27.4 Å². The summed E-state index contributed by atoms with van der Waals surface area (Å²) in [6, 6.07) is 17.3. The third-order valence-electron chi connectivity index (χ3n) is 5.50. The van der Waals surface area contributed by atoms with Crippen LogP contribution in [0.15, 0.2) is 71.7 Å². The van der Waals surface area contributed by atoms with Gasteiger partial charge in [-0.15, -0.1) is 0 Å². The number of esters is 2. The van der Waals surface area contributed by atoms with E-state index in [-0.39, 0.29) is 23.1 Å². The monoisotopic (exact) mass is 458 g/mol. The highest BCUT2D eigenvalue weighted by molar-refractivity contribution is 5.94. The van der Waals surface area contributed by atoms with Gasteiger partial charge in [0.05, 0.1) is 32.3 Å². The van der Waals surface area contributed by atoms with Gasteiger partial charge in [0.25, 0.3) is 0 Å². The predicted molar refractivity (Wildman–Crippen MR) is 126 cm³/mol. The second kappa shape index (κ2) is 9.58. The summed E-state index contributed by atoms with van der Waals surface area (Å²) >= 11 is 0. The minimum absolute atomic E-state index is 0.0611. The van der Waals surface area contributed by atoms with Gasteiger partial charge in [0, 0.05) is 23.9 Å². The van der Waals surface area contributed by atoms with Gasteiger partial charge in [-0.1, -0.05) is 24.3 Å². The second-order valence-corrected chi connectivity index (χ2v) is 7.39. The molecule has 0 amide bonds. The average Bonchev–Trinajstić information content (AvgIpc) is 2.89. The first kappa shape index (κ1) is 22.7. The van der Waals surface area contributed by atoms with Gasteiger partial charge in [0.1, 0.15) is 17.1 Å². The average molecular weight is 458 g/mol. The Balaban J connectivity index is 2.02. The van der Waals surface area contributed by atoms with Gasteiger partial charge in [-0.05, 0) is 42.0 Å². The van der Waals surface area contributed by atoms with Crippen molar-refractivity contribution in [1.29, 1.82) is 0 Å². The van der Waals surface area contributed by atoms with Crippen LogP contribution in [-0.4, -0.2) is 42.8 Å². The number of nitrogens with zero attached hydrogens (tertiary/aromatic N) is 2. The molecule has 0 spiro atoms. The number of carbonyl (C=O) groups is 2. The van der Waals surface area contributed by atoms with Crippen molar-refractivity contribution in [3.05, 3.63) is 99.5 Å². The van der Waals surface area contributed by atoms with E-state index in [2.05, 4.69) is 4.98 Å². The maximum Gasteiger partial charge on any atom is 0.355 e. The Morgan fingerprint density at radius 2 is 1.65 bits per heavy atom. The highest BCUT2D eigenvalue weighted by Gasteiger charge is 2.25. The predicted octanol–water partition coefficient (Wildman–Crippen LogP) is 3.56. The van der Waals surface area contributed by atoms with Crippen LogP contribution in [0.2, 0.25) is 0 Å². The molecule has 0 bridgehead atoms. The van der Waals surface area contributed by atoms with E-state index in [0.717, 1.165) is 0 Å². The molecule has 8 nitrogen and oxygen atoms in total. The van der Waals surface area contributed by atoms with Crippen molar-refractivity contribution >= 4 is 23.0 Å². The van der Waals surface area contributed by atoms with Crippen molar-refractivity contribution in [2.24, 2.45) is 0 Å². The van der Waals surface area contributed by atoms with Crippen molar-refractivity contribution in [2.75, 3.05) is 21.3 Å². The minimum Gasteiger partial charge on any atom is -0.496 e. The molecule has 0 saturated heterocycles. The van der Waals surface area contributed by atoms with E-state index >= 15 is 0 Å². The lowest BCUT2D eigenvalue weighted by molar-refractivity contribution is 0.0585. The number of hydrogen-bond donors (Lipinski definition) is 0. The summed E-state index contributed by atoms with van der Waals surface area (Å²) in [6.45, 7) is 0. The van der Waals surface area contributed by atoms with Crippen LogP contribution >= 0.6 is 0 Å². The summed E-state index contributed by atoms with van der Waals surface area (Å²) in [5.41, 5.74) is 1.87. The number of para-hydroxylation sites is 1. The lowest BCUT2D eigenvalue weighted by atomic mass is 9.98. The first-order valence-corrected chi connectivity index (χ1v) is 10.4. The zero-order valence-corrected chi connectivity index (χ0v) is 18.9. The van der Waals surface area contributed by atoms with Crippen LogP contribution in [0.3, 0.4) is 0 Å². The van der Waals surface area contributed by atoms with Gasteiger partial charge in [-0.2, -0.15) is 0 Å². The molecule has 0 unspecified atom stereocenters. The summed E-state index contributed by atoms with van der Waals surface area (Å²) in [4.78, 5) is 43.0. The van der Waals surface area contributed by atoms with E-state index in [4.69, 9.17) is 14.2 Å². The maximum atomic E-state index is 13.6. The molecule has 0 aliphatic heterocycles. The van der Waals surface area contributed by atoms with Crippen molar-refractivity contribution in [3.8, 4) is 11.4 Å². The number of carbonyl (C=O) groups excluding carboxylic acids is 2. The van der Waals surface area contributed by atoms with Crippen LogP contribution in [-0.2, 0) is 15.9 Å². The summed E-state index contributed by atoms with van der Waals surface area (Å²) in [7, 11) is 4.02. The van der Waals surface area contributed by atoms with Gasteiger partial charge >= 0.3 is 11.9 Å². The normalized spacial score (nSPS) is 10.7. The van der Waals surface area contributed by atoms with Gasteiger partial charge in [0.15, 0.2) is 5.43 Å². The molecule has 2 aromatic carbocycles. The molecule has 0 aliphatic carbocycles. The molecule has 0 aliphatic rings. The molecule has 2 aromatic heterocycles. The summed E-state index contributed by atoms with van der Waals surface area (Å²) in [5.74, 6) is -0.798. The molecule has 34 heavy (non-hydrogen) atoms.